The lowest BCUT2D eigenvalue weighted by atomic mass is 9.81. The molecule has 0 saturated heterocycles. The third kappa shape index (κ3) is 7.39. The summed E-state index contributed by atoms with van der Waals surface area (Å²) in [5, 5.41) is 6.06. The van der Waals surface area contributed by atoms with Crippen molar-refractivity contribution in [2.45, 2.75) is 58.9 Å². The fourth-order valence-electron chi connectivity index (χ4n) is 5.24. The van der Waals surface area contributed by atoms with Crippen LogP contribution < -0.4 is 16.4 Å². The Labute approximate surface area is 236 Å². The van der Waals surface area contributed by atoms with E-state index in [1.54, 1.807) is 7.05 Å². The maximum absolute atomic E-state index is 13.5. The van der Waals surface area contributed by atoms with Gasteiger partial charge in [-0.3, -0.25) is 14.6 Å². The van der Waals surface area contributed by atoms with Crippen LogP contribution in [0.4, 0.5) is 5.69 Å². The molecular formula is C32H40N6O2. The van der Waals surface area contributed by atoms with Crippen molar-refractivity contribution >= 4 is 23.2 Å². The molecule has 8 heteroatoms. The number of rotatable bonds is 9. The van der Waals surface area contributed by atoms with Gasteiger partial charge in [0, 0.05) is 48.2 Å². The Hall–Kier alpha value is -3.91. The molecule has 40 heavy (non-hydrogen) atoms. The molecule has 210 valence electrons. The highest BCUT2D eigenvalue weighted by atomic mass is 16.2. The van der Waals surface area contributed by atoms with E-state index in [4.69, 9.17) is 5.73 Å². The Morgan fingerprint density at radius 1 is 1.02 bits per heavy atom. The smallest absolute Gasteiger partial charge is 0.247 e. The number of aryl methyl sites for hydroxylation is 2. The third-order valence-electron chi connectivity index (χ3n) is 7.89. The Morgan fingerprint density at radius 2 is 1.70 bits per heavy atom. The number of amides is 2. The van der Waals surface area contributed by atoms with Gasteiger partial charge >= 0.3 is 0 Å². The van der Waals surface area contributed by atoms with Crippen LogP contribution in [0.5, 0.6) is 0 Å². The predicted octanol–water partition coefficient (Wildman–Crippen LogP) is 4.63. The fourth-order valence-corrected chi connectivity index (χ4v) is 5.24. The highest BCUT2D eigenvalue weighted by Gasteiger charge is 2.29. The molecule has 3 aromatic rings. The lowest BCUT2D eigenvalue weighted by Crippen LogP contribution is -2.48. The van der Waals surface area contributed by atoms with Gasteiger partial charge in [0.05, 0.1) is 0 Å². The number of aromatic nitrogens is 2. The molecule has 0 bridgehead atoms. The molecule has 4 rings (SSSR count). The summed E-state index contributed by atoms with van der Waals surface area (Å²) in [6, 6.07) is 14.9. The summed E-state index contributed by atoms with van der Waals surface area (Å²) in [7, 11) is 1.75. The molecule has 1 aliphatic carbocycles. The average Bonchev–Trinajstić information content (AvgIpc) is 2.97. The minimum atomic E-state index is -0.714. The number of nitrogens with zero attached hydrogens (tertiary/aromatic N) is 3. The van der Waals surface area contributed by atoms with Gasteiger partial charge < -0.3 is 16.4 Å². The summed E-state index contributed by atoms with van der Waals surface area (Å²) in [5.41, 5.74) is 12.3. The van der Waals surface area contributed by atoms with Crippen LogP contribution in [0.2, 0.25) is 0 Å². The van der Waals surface area contributed by atoms with Crippen LogP contribution in [0, 0.1) is 25.7 Å². The standard InChI is InChI=1S/C32H40N6O2/c1-20(34-4)25-13-15-28(16-14-25)37-32(40)30(38-31(39)27-11-7-24(18-33)8-12-27)17-23-5-9-26(10-6-23)29-19-35-22(3)36-21(29)2/h5-6,9-10,13-16,19,24,27,30H,7-8,11-12,17-18,33H2,1-4H3,(H,37,40)(H,38,39). The molecular weight excluding hydrogens is 500 g/mol. The van der Waals surface area contributed by atoms with Gasteiger partial charge in [-0.2, -0.15) is 0 Å². The van der Waals surface area contributed by atoms with Crippen molar-refractivity contribution in [1.82, 2.24) is 15.3 Å². The Morgan fingerprint density at radius 3 is 2.30 bits per heavy atom. The van der Waals surface area contributed by atoms with Crippen LogP contribution in [-0.2, 0) is 16.0 Å². The first-order valence-corrected chi connectivity index (χ1v) is 14.0. The number of hydrogen-bond donors (Lipinski definition) is 3. The summed E-state index contributed by atoms with van der Waals surface area (Å²) in [5.74, 6) is 0.811. The van der Waals surface area contributed by atoms with Crippen LogP contribution in [0.25, 0.3) is 11.1 Å². The van der Waals surface area contributed by atoms with E-state index in [0.29, 0.717) is 24.6 Å². The van der Waals surface area contributed by atoms with E-state index in [1.807, 2.05) is 75.5 Å². The van der Waals surface area contributed by atoms with E-state index in [0.717, 1.165) is 65.2 Å². The van der Waals surface area contributed by atoms with Crippen LogP contribution >= 0.6 is 0 Å². The van der Waals surface area contributed by atoms with Crippen LogP contribution in [0.15, 0.2) is 59.7 Å². The normalized spacial score (nSPS) is 18.2. The zero-order valence-corrected chi connectivity index (χ0v) is 23.9. The van der Waals surface area contributed by atoms with Crippen molar-refractivity contribution < 1.29 is 9.59 Å². The third-order valence-corrected chi connectivity index (χ3v) is 7.89. The second-order valence-corrected chi connectivity index (χ2v) is 10.7. The summed E-state index contributed by atoms with van der Waals surface area (Å²) < 4.78 is 0. The van der Waals surface area contributed by atoms with Gasteiger partial charge in [0.15, 0.2) is 0 Å². The van der Waals surface area contributed by atoms with E-state index < -0.39 is 6.04 Å². The minimum Gasteiger partial charge on any atom is -0.344 e. The number of hydrogen-bond acceptors (Lipinski definition) is 6. The number of nitrogens with one attached hydrogen (secondary N) is 2. The maximum atomic E-state index is 13.5. The Kier molecular flexibility index (Phi) is 9.77. The first-order chi connectivity index (χ1) is 19.3. The molecule has 0 spiro atoms. The van der Waals surface area contributed by atoms with E-state index in [2.05, 4.69) is 25.6 Å². The molecule has 1 heterocycles. The number of nitrogens with two attached hydrogens (primary N) is 1. The second-order valence-electron chi connectivity index (χ2n) is 10.7. The minimum absolute atomic E-state index is 0.0650. The molecule has 0 aliphatic heterocycles. The number of anilines is 1. The van der Waals surface area contributed by atoms with E-state index in [9.17, 15) is 9.59 Å². The number of aliphatic imine (C=N–C) groups is 1. The molecule has 8 nitrogen and oxygen atoms in total. The van der Waals surface area contributed by atoms with Gasteiger partial charge in [-0.05, 0) is 87.7 Å². The number of benzene rings is 2. The first-order valence-electron chi connectivity index (χ1n) is 14.0. The first kappa shape index (κ1) is 29.1. The quantitative estimate of drug-likeness (QED) is 0.342. The molecule has 2 amide bonds. The van der Waals surface area contributed by atoms with E-state index in [1.165, 1.54) is 0 Å². The van der Waals surface area contributed by atoms with Crippen LogP contribution in [0.3, 0.4) is 0 Å². The molecule has 1 aliphatic rings. The van der Waals surface area contributed by atoms with Crippen molar-refractivity contribution in [3.8, 4) is 11.1 Å². The molecule has 2 aromatic carbocycles. The molecule has 1 atom stereocenters. The lowest BCUT2D eigenvalue weighted by Gasteiger charge is -2.28. The molecule has 1 unspecified atom stereocenters. The van der Waals surface area contributed by atoms with Gasteiger partial charge in [-0.25, -0.2) is 9.97 Å². The van der Waals surface area contributed by atoms with Gasteiger partial charge in [-0.15, -0.1) is 0 Å². The van der Waals surface area contributed by atoms with Gasteiger partial charge in [-0.1, -0.05) is 36.4 Å². The highest BCUT2D eigenvalue weighted by Crippen LogP contribution is 2.28. The molecule has 4 N–H and O–H groups in total. The van der Waals surface area contributed by atoms with Gasteiger partial charge in [0.25, 0.3) is 0 Å². The number of carbonyl (C=O) groups is 2. The molecule has 1 aromatic heterocycles. The number of carbonyl (C=O) groups excluding carboxylic acids is 2. The van der Waals surface area contributed by atoms with Crippen molar-refractivity contribution in [1.29, 1.82) is 0 Å². The summed E-state index contributed by atoms with van der Waals surface area (Å²) in [4.78, 5) is 39.8. The molecule has 1 fully saturated rings. The fraction of sp³-hybridized carbons (Fsp3) is 0.406. The van der Waals surface area contributed by atoms with Crippen molar-refractivity contribution in [2.24, 2.45) is 22.6 Å². The Bertz CT molecular complexity index is 1340. The monoisotopic (exact) mass is 540 g/mol. The van der Waals surface area contributed by atoms with E-state index >= 15 is 0 Å². The summed E-state index contributed by atoms with van der Waals surface area (Å²) in [6.45, 7) is 6.44. The average molecular weight is 541 g/mol. The summed E-state index contributed by atoms with van der Waals surface area (Å²) >= 11 is 0. The zero-order valence-electron chi connectivity index (χ0n) is 23.9. The van der Waals surface area contributed by atoms with Gasteiger partial charge in [0.1, 0.15) is 11.9 Å². The SMILES string of the molecule is CN=C(C)c1ccc(NC(=O)C(Cc2ccc(-c3cnc(C)nc3C)cc2)NC(=O)C2CCC(CN)CC2)cc1. The zero-order chi connectivity index (χ0) is 28.6. The van der Waals surface area contributed by atoms with Crippen LogP contribution in [0.1, 0.15) is 55.3 Å². The van der Waals surface area contributed by atoms with Crippen molar-refractivity contribution in [3.63, 3.8) is 0 Å². The van der Waals surface area contributed by atoms with Gasteiger partial charge in [0.2, 0.25) is 11.8 Å². The van der Waals surface area contributed by atoms with Crippen molar-refractivity contribution in [3.05, 3.63) is 77.4 Å². The van der Waals surface area contributed by atoms with Crippen molar-refractivity contribution in [2.75, 3.05) is 18.9 Å². The topological polar surface area (TPSA) is 122 Å². The molecule has 1 saturated carbocycles. The largest absolute Gasteiger partial charge is 0.344 e. The van der Waals surface area contributed by atoms with Crippen LogP contribution in [-0.4, -0.2) is 47.1 Å². The maximum Gasteiger partial charge on any atom is 0.247 e. The second kappa shape index (κ2) is 13.4. The predicted molar refractivity (Wildman–Crippen MR) is 160 cm³/mol. The van der Waals surface area contributed by atoms with E-state index in [-0.39, 0.29) is 17.7 Å². The summed E-state index contributed by atoms with van der Waals surface area (Å²) in [6.07, 6.45) is 5.70. The molecule has 0 radical (unpaired) electrons. The lowest BCUT2D eigenvalue weighted by molar-refractivity contribution is -0.130. The highest BCUT2D eigenvalue weighted by molar-refractivity contribution is 6.00. The Balaban J connectivity index is 1.50.